The van der Waals surface area contributed by atoms with Crippen molar-refractivity contribution in [3.05, 3.63) is 42.5 Å². The minimum atomic E-state index is -0.395. The highest BCUT2D eigenvalue weighted by molar-refractivity contribution is 5.93. The number of carbonyl (C=O) groups excluding carboxylic acids is 1. The Balaban J connectivity index is 1.49. The highest BCUT2D eigenvalue weighted by Crippen LogP contribution is 2.13. The molecule has 1 aliphatic rings. The summed E-state index contributed by atoms with van der Waals surface area (Å²) in [6, 6.07) is 7.63. The van der Waals surface area contributed by atoms with Crippen molar-refractivity contribution in [1.29, 1.82) is 0 Å². The van der Waals surface area contributed by atoms with Crippen LogP contribution in [-0.4, -0.2) is 58.4 Å². The van der Waals surface area contributed by atoms with Gasteiger partial charge < -0.3 is 10.1 Å². The number of morpholine rings is 1. The van der Waals surface area contributed by atoms with Gasteiger partial charge in [0.2, 0.25) is 5.91 Å². The van der Waals surface area contributed by atoms with Crippen LogP contribution in [-0.2, 0) is 16.0 Å². The molecule has 1 N–H and O–H groups in total. The maximum Gasteiger partial charge on any atom is 0.249 e. The third-order valence-electron chi connectivity index (χ3n) is 4.25. The summed E-state index contributed by atoms with van der Waals surface area (Å²) < 4.78 is 6.89. The van der Waals surface area contributed by atoms with E-state index in [4.69, 9.17) is 4.74 Å². The minimum absolute atomic E-state index is 0.110. The number of rotatable bonds is 6. The maximum atomic E-state index is 12.2. The lowest BCUT2D eigenvalue weighted by Crippen LogP contribution is -2.37. The summed E-state index contributed by atoms with van der Waals surface area (Å²) in [4.78, 5) is 18.5. The number of carbonyl (C=O) groups is 1. The Bertz CT molecular complexity index is 636. The number of hydrogen-bond acceptors (Lipinski definition) is 5. The van der Waals surface area contributed by atoms with Gasteiger partial charge in [-0.25, -0.2) is 9.67 Å². The standard InChI is InChI=1S/C17H23N5O2/c1-14(22-13-18-12-19-22)17(23)20-16-4-2-15(3-5-16)6-7-21-8-10-24-11-9-21/h2-5,12-14H,6-11H2,1H3,(H,20,23). The van der Waals surface area contributed by atoms with E-state index in [1.54, 1.807) is 13.3 Å². The Morgan fingerprint density at radius 1 is 1.29 bits per heavy atom. The second kappa shape index (κ2) is 8.03. The first-order valence-corrected chi connectivity index (χ1v) is 8.26. The molecule has 0 bridgehead atoms. The highest BCUT2D eigenvalue weighted by Gasteiger charge is 2.15. The van der Waals surface area contributed by atoms with Crippen molar-refractivity contribution >= 4 is 11.6 Å². The molecule has 1 aromatic heterocycles. The number of anilines is 1. The summed E-state index contributed by atoms with van der Waals surface area (Å²) in [6.45, 7) is 6.51. The van der Waals surface area contributed by atoms with Gasteiger partial charge in [-0.2, -0.15) is 5.10 Å². The van der Waals surface area contributed by atoms with Gasteiger partial charge in [0, 0.05) is 25.3 Å². The minimum Gasteiger partial charge on any atom is -0.379 e. The van der Waals surface area contributed by atoms with Gasteiger partial charge in [-0.05, 0) is 31.0 Å². The Morgan fingerprint density at radius 2 is 2.04 bits per heavy atom. The summed E-state index contributed by atoms with van der Waals surface area (Å²) in [7, 11) is 0. The Labute approximate surface area is 141 Å². The van der Waals surface area contributed by atoms with Gasteiger partial charge in [-0.3, -0.25) is 9.69 Å². The van der Waals surface area contributed by atoms with E-state index in [1.807, 2.05) is 12.1 Å². The summed E-state index contributed by atoms with van der Waals surface area (Å²) in [5, 5.41) is 6.90. The molecule has 1 unspecified atom stereocenters. The molecule has 2 aromatic rings. The molecule has 1 fully saturated rings. The lowest BCUT2D eigenvalue weighted by atomic mass is 10.1. The quantitative estimate of drug-likeness (QED) is 0.866. The molecule has 1 saturated heterocycles. The van der Waals surface area contributed by atoms with Crippen molar-refractivity contribution < 1.29 is 9.53 Å². The fourth-order valence-corrected chi connectivity index (χ4v) is 2.65. The molecule has 0 radical (unpaired) electrons. The Hall–Kier alpha value is -2.25. The molecule has 1 amide bonds. The van der Waals surface area contributed by atoms with Crippen LogP contribution in [0.15, 0.2) is 36.9 Å². The van der Waals surface area contributed by atoms with E-state index in [2.05, 4.69) is 32.4 Å². The van der Waals surface area contributed by atoms with E-state index in [9.17, 15) is 4.79 Å². The van der Waals surface area contributed by atoms with E-state index in [1.165, 1.54) is 16.6 Å². The number of amides is 1. The average Bonchev–Trinajstić information content (AvgIpc) is 3.16. The topological polar surface area (TPSA) is 72.3 Å². The number of nitrogens with one attached hydrogen (secondary N) is 1. The zero-order valence-corrected chi connectivity index (χ0v) is 13.9. The smallest absolute Gasteiger partial charge is 0.249 e. The van der Waals surface area contributed by atoms with Crippen LogP contribution in [0.3, 0.4) is 0 Å². The van der Waals surface area contributed by atoms with Crippen LogP contribution in [0, 0.1) is 0 Å². The summed E-state index contributed by atoms with van der Waals surface area (Å²) in [5.41, 5.74) is 2.06. The van der Waals surface area contributed by atoms with Crippen LogP contribution < -0.4 is 5.32 Å². The highest BCUT2D eigenvalue weighted by atomic mass is 16.5. The average molecular weight is 329 g/mol. The van der Waals surface area contributed by atoms with Gasteiger partial charge in [0.05, 0.1) is 13.2 Å². The lowest BCUT2D eigenvalue weighted by molar-refractivity contribution is -0.119. The number of benzene rings is 1. The molecule has 24 heavy (non-hydrogen) atoms. The molecule has 1 aliphatic heterocycles. The first kappa shape index (κ1) is 16.6. The predicted molar refractivity (Wildman–Crippen MR) is 90.8 cm³/mol. The molecule has 1 aromatic carbocycles. The van der Waals surface area contributed by atoms with E-state index < -0.39 is 6.04 Å². The van der Waals surface area contributed by atoms with E-state index in [0.717, 1.165) is 45.0 Å². The fraction of sp³-hybridized carbons (Fsp3) is 0.471. The molecular weight excluding hydrogens is 306 g/mol. The number of hydrogen-bond donors (Lipinski definition) is 1. The molecule has 0 saturated carbocycles. The molecule has 7 nitrogen and oxygen atoms in total. The Morgan fingerprint density at radius 3 is 2.71 bits per heavy atom. The third-order valence-corrected chi connectivity index (χ3v) is 4.25. The molecular formula is C17H23N5O2. The zero-order valence-electron chi connectivity index (χ0n) is 13.9. The van der Waals surface area contributed by atoms with Crippen molar-refractivity contribution in [2.24, 2.45) is 0 Å². The van der Waals surface area contributed by atoms with E-state index in [-0.39, 0.29) is 5.91 Å². The van der Waals surface area contributed by atoms with Crippen LogP contribution in [0.4, 0.5) is 5.69 Å². The van der Waals surface area contributed by atoms with Crippen molar-refractivity contribution in [2.45, 2.75) is 19.4 Å². The number of aromatic nitrogens is 3. The SMILES string of the molecule is CC(C(=O)Nc1ccc(CCN2CCOCC2)cc1)n1cncn1. The van der Waals surface area contributed by atoms with Gasteiger partial charge in [-0.1, -0.05) is 12.1 Å². The third kappa shape index (κ3) is 4.39. The van der Waals surface area contributed by atoms with Crippen molar-refractivity contribution in [3.63, 3.8) is 0 Å². The van der Waals surface area contributed by atoms with Crippen LogP contribution in [0.1, 0.15) is 18.5 Å². The first-order valence-electron chi connectivity index (χ1n) is 8.26. The molecule has 0 spiro atoms. The van der Waals surface area contributed by atoms with Crippen LogP contribution in [0.5, 0.6) is 0 Å². The molecule has 7 heteroatoms. The van der Waals surface area contributed by atoms with Gasteiger partial charge in [0.15, 0.2) is 0 Å². The molecule has 1 atom stereocenters. The number of ether oxygens (including phenoxy) is 1. The number of nitrogens with zero attached hydrogens (tertiary/aromatic N) is 4. The monoisotopic (exact) mass is 329 g/mol. The summed E-state index contributed by atoms with van der Waals surface area (Å²) in [5.74, 6) is -0.110. The van der Waals surface area contributed by atoms with Crippen molar-refractivity contribution in [3.8, 4) is 0 Å². The van der Waals surface area contributed by atoms with Crippen molar-refractivity contribution in [2.75, 3.05) is 38.2 Å². The van der Waals surface area contributed by atoms with Crippen LogP contribution >= 0.6 is 0 Å². The van der Waals surface area contributed by atoms with Gasteiger partial charge in [0.25, 0.3) is 0 Å². The lowest BCUT2D eigenvalue weighted by Gasteiger charge is -2.26. The second-order valence-electron chi connectivity index (χ2n) is 5.94. The summed E-state index contributed by atoms with van der Waals surface area (Å²) >= 11 is 0. The van der Waals surface area contributed by atoms with Crippen LogP contribution in [0.2, 0.25) is 0 Å². The summed E-state index contributed by atoms with van der Waals surface area (Å²) in [6.07, 6.45) is 3.97. The van der Waals surface area contributed by atoms with Gasteiger partial charge in [0.1, 0.15) is 18.7 Å². The van der Waals surface area contributed by atoms with E-state index >= 15 is 0 Å². The molecule has 2 heterocycles. The first-order chi connectivity index (χ1) is 11.7. The maximum absolute atomic E-state index is 12.2. The van der Waals surface area contributed by atoms with Crippen molar-refractivity contribution in [1.82, 2.24) is 19.7 Å². The normalized spacial score (nSPS) is 16.7. The van der Waals surface area contributed by atoms with Gasteiger partial charge >= 0.3 is 0 Å². The largest absolute Gasteiger partial charge is 0.379 e. The molecule has 0 aliphatic carbocycles. The van der Waals surface area contributed by atoms with Crippen LogP contribution in [0.25, 0.3) is 0 Å². The second-order valence-corrected chi connectivity index (χ2v) is 5.94. The molecule has 3 rings (SSSR count). The Kier molecular flexibility index (Phi) is 5.55. The van der Waals surface area contributed by atoms with Gasteiger partial charge in [-0.15, -0.1) is 0 Å². The predicted octanol–water partition coefficient (Wildman–Crippen LogP) is 1.35. The zero-order chi connectivity index (χ0) is 16.8. The van der Waals surface area contributed by atoms with E-state index in [0.29, 0.717) is 0 Å². The fourth-order valence-electron chi connectivity index (χ4n) is 2.65. The molecule has 128 valence electrons.